The number of thiophene rings is 1. The van der Waals surface area contributed by atoms with Gasteiger partial charge in [-0.15, -0.1) is 11.3 Å². The van der Waals surface area contributed by atoms with Crippen molar-refractivity contribution < 1.29 is 0 Å². The van der Waals surface area contributed by atoms with Gasteiger partial charge < -0.3 is 9.80 Å². The quantitative estimate of drug-likeness (QED) is 0.157. The van der Waals surface area contributed by atoms with E-state index in [4.69, 9.17) is 0 Å². The molecule has 0 aliphatic heterocycles. The molecule has 1 aromatic heterocycles. The maximum Gasteiger partial charge on any atom is 0.0727 e. The minimum atomic E-state index is -0.596. The SMILES string of the molecule is c1ccc(-c2c(N(c3ccccc3)c3ccc4c(c3)C3(c5ccccc5-4)c4ccccc4-c4ccc(N(c5ccccc5)c5cccc6sc7ccccc7c56)cc43)ccc3ccccc23)cc1. The third-order valence-electron chi connectivity index (χ3n) is 14.4. The summed E-state index contributed by atoms with van der Waals surface area (Å²) in [5.41, 5.74) is 18.9. The zero-order valence-corrected chi connectivity index (χ0v) is 37.9. The number of rotatable bonds is 7. The van der Waals surface area contributed by atoms with Crippen LogP contribution >= 0.6 is 11.3 Å². The molecule has 1 heterocycles. The maximum absolute atomic E-state index is 2.51. The Morgan fingerprint density at radius 3 is 1.46 bits per heavy atom. The first-order valence-corrected chi connectivity index (χ1v) is 24.2. The average Bonchev–Trinajstić information content (AvgIpc) is 4.04. The lowest BCUT2D eigenvalue weighted by Gasteiger charge is -2.34. The summed E-state index contributed by atoms with van der Waals surface area (Å²) in [6, 6.07) is 94.5. The first kappa shape index (κ1) is 38.7. The number of para-hydroxylation sites is 2. The predicted octanol–water partition coefficient (Wildman–Crippen LogP) is 18.2. The molecule has 14 rings (SSSR count). The van der Waals surface area contributed by atoms with E-state index in [0.29, 0.717) is 0 Å². The van der Waals surface area contributed by atoms with Crippen LogP contribution in [-0.2, 0) is 5.41 Å². The van der Waals surface area contributed by atoms with Crippen molar-refractivity contribution in [1.82, 2.24) is 0 Å². The van der Waals surface area contributed by atoms with E-state index in [0.717, 1.165) is 28.4 Å². The summed E-state index contributed by atoms with van der Waals surface area (Å²) in [4.78, 5) is 4.96. The second-order valence-corrected chi connectivity index (χ2v) is 19.0. The van der Waals surface area contributed by atoms with E-state index in [2.05, 4.69) is 265 Å². The van der Waals surface area contributed by atoms with Crippen LogP contribution in [0.25, 0.3) is 64.3 Å². The minimum absolute atomic E-state index is 0.596. The van der Waals surface area contributed by atoms with Crippen molar-refractivity contribution in [2.75, 3.05) is 9.80 Å². The van der Waals surface area contributed by atoms with Crippen LogP contribution in [0, 0.1) is 0 Å². The lowest BCUT2D eigenvalue weighted by Crippen LogP contribution is -2.26. The fourth-order valence-corrected chi connectivity index (χ4v) is 12.8. The van der Waals surface area contributed by atoms with Crippen LogP contribution in [0.5, 0.6) is 0 Å². The van der Waals surface area contributed by atoms with Gasteiger partial charge in [-0.3, -0.25) is 0 Å². The van der Waals surface area contributed by atoms with E-state index in [9.17, 15) is 0 Å². The summed E-state index contributed by atoms with van der Waals surface area (Å²) < 4.78 is 2.58. The van der Waals surface area contributed by atoms with Crippen molar-refractivity contribution in [2.24, 2.45) is 0 Å². The molecule has 0 saturated carbocycles. The number of fused-ring (bicyclic) bond motifs is 14. The molecule has 0 bridgehead atoms. The van der Waals surface area contributed by atoms with Crippen LogP contribution in [0.15, 0.2) is 255 Å². The zero-order chi connectivity index (χ0) is 44.8. The molecule has 1 unspecified atom stereocenters. The molecule has 12 aromatic rings. The van der Waals surface area contributed by atoms with Crippen molar-refractivity contribution >= 4 is 76.4 Å². The topological polar surface area (TPSA) is 6.48 Å². The summed E-state index contributed by atoms with van der Waals surface area (Å²) in [5.74, 6) is 0. The van der Waals surface area contributed by atoms with Crippen molar-refractivity contribution in [1.29, 1.82) is 0 Å². The Kier molecular flexibility index (Phi) is 8.71. The molecule has 68 heavy (non-hydrogen) atoms. The van der Waals surface area contributed by atoms with E-state index in [1.807, 2.05) is 11.3 Å². The highest BCUT2D eigenvalue weighted by molar-refractivity contribution is 7.26. The lowest BCUT2D eigenvalue weighted by atomic mass is 9.70. The van der Waals surface area contributed by atoms with Gasteiger partial charge in [0.1, 0.15) is 0 Å². The zero-order valence-electron chi connectivity index (χ0n) is 37.1. The third kappa shape index (κ3) is 5.63. The Bertz CT molecular complexity index is 3920. The molecule has 2 aliphatic rings. The summed E-state index contributed by atoms with van der Waals surface area (Å²) >= 11 is 1.86. The number of benzene rings is 11. The number of hydrogen-bond donors (Lipinski definition) is 0. The highest BCUT2D eigenvalue weighted by atomic mass is 32.1. The third-order valence-corrected chi connectivity index (χ3v) is 15.6. The molecule has 0 radical (unpaired) electrons. The van der Waals surface area contributed by atoms with Gasteiger partial charge in [0, 0.05) is 48.5 Å². The Balaban J connectivity index is 1.04. The summed E-state index contributed by atoms with van der Waals surface area (Å²) in [6.07, 6.45) is 0. The highest BCUT2D eigenvalue weighted by Gasteiger charge is 2.52. The molecule has 2 nitrogen and oxygen atoms in total. The molecule has 11 aromatic carbocycles. The first-order valence-electron chi connectivity index (χ1n) is 23.4. The van der Waals surface area contributed by atoms with E-state index in [-0.39, 0.29) is 0 Å². The predicted molar refractivity (Wildman–Crippen MR) is 288 cm³/mol. The van der Waals surface area contributed by atoms with Gasteiger partial charge in [0.25, 0.3) is 0 Å². The summed E-state index contributed by atoms with van der Waals surface area (Å²) in [7, 11) is 0. The molecule has 1 atom stereocenters. The van der Waals surface area contributed by atoms with Gasteiger partial charge in [-0.2, -0.15) is 0 Å². The lowest BCUT2D eigenvalue weighted by molar-refractivity contribution is 0.793. The standard InChI is InChI=1S/C65H42N2S/c1-4-20-44(21-5-1)63-49-26-11-10-19-43(49)35-40-60(63)67(46-24-8-3-9-25-46)48-37-39-53-51-28-13-16-31-56(51)65(58(53)42-48)55-30-15-12-27-50(55)52-38-36-47(41-57(52)65)66(45-22-6-2-7-23-45)59-32-18-34-62-64(59)54-29-14-17-33-61(54)68-62/h1-42H. The van der Waals surface area contributed by atoms with Crippen LogP contribution in [0.4, 0.5) is 34.1 Å². The smallest absolute Gasteiger partial charge is 0.0727 e. The number of anilines is 6. The monoisotopic (exact) mass is 882 g/mol. The molecule has 3 heteroatoms. The number of hydrogen-bond acceptors (Lipinski definition) is 3. The van der Waals surface area contributed by atoms with Crippen molar-refractivity contribution in [3.05, 3.63) is 277 Å². The Hall–Kier alpha value is -8.50. The Morgan fingerprint density at radius 2 is 0.809 bits per heavy atom. The van der Waals surface area contributed by atoms with Gasteiger partial charge in [0.2, 0.25) is 0 Å². The molecular formula is C65H42N2S. The molecule has 318 valence electrons. The molecule has 0 saturated heterocycles. The fraction of sp³-hybridized carbons (Fsp3) is 0.0154. The molecule has 2 aliphatic carbocycles. The number of nitrogens with zero attached hydrogens (tertiary/aromatic N) is 2. The largest absolute Gasteiger partial charge is 0.310 e. The molecule has 1 spiro atoms. The maximum atomic E-state index is 2.51. The second kappa shape index (κ2) is 15.3. The highest BCUT2D eigenvalue weighted by Crippen LogP contribution is 2.64. The van der Waals surface area contributed by atoms with Gasteiger partial charge in [0.15, 0.2) is 0 Å². The Morgan fingerprint density at radius 1 is 0.309 bits per heavy atom. The van der Waals surface area contributed by atoms with E-state index < -0.39 is 5.41 Å². The van der Waals surface area contributed by atoms with Crippen LogP contribution in [0.1, 0.15) is 22.3 Å². The summed E-state index contributed by atoms with van der Waals surface area (Å²) in [6.45, 7) is 0. The Labute approximate surface area is 399 Å². The normalized spacial score (nSPS) is 14.2. The fourth-order valence-electron chi connectivity index (χ4n) is 11.7. The van der Waals surface area contributed by atoms with E-state index >= 15 is 0 Å². The average molecular weight is 883 g/mol. The van der Waals surface area contributed by atoms with Gasteiger partial charge in [-0.05, 0) is 134 Å². The molecule has 0 amide bonds. The second-order valence-electron chi connectivity index (χ2n) is 17.9. The van der Waals surface area contributed by atoms with Crippen LogP contribution in [0.3, 0.4) is 0 Å². The van der Waals surface area contributed by atoms with Crippen LogP contribution < -0.4 is 9.80 Å². The molecular weight excluding hydrogens is 841 g/mol. The molecule has 0 fully saturated rings. The van der Waals surface area contributed by atoms with E-state index in [1.165, 1.54) is 92.3 Å². The summed E-state index contributed by atoms with van der Waals surface area (Å²) in [5, 5.41) is 5.00. The van der Waals surface area contributed by atoms with Crippen LogP contribution in [-0.4, -0.2) is 0 Å². The van der Waals surface area contributed by atoms with Gasteiger partial charge >= 0.3 is 0 Å². The van der Waals surface area contributed by atoms with Gasteiger partial charge in [-0.25, -0.2) is 0 Å². The first-order chi connectivity index (χ1) is 33.8. The van der Waals surface area contributed by atoms with Crippen LogP contribution in [0.2, 0.25) is 0 Å². The van der Waals surface area contributed by atoms with Crippen molar-refractivity contribution in [3.63, 3.8) is 0 Å². The van der Waals surface area contributed by atoms with Crippen molar-refractivity contribution in [3.8, 4) is 33.4 Å². The molecule has 0 N–H and O–H groups in total. The van der Waals surface area contributed by atoms with E-state index in [1.54, 1.807) is 0 Å². The van der Waals surface area contributed by atoms with Gasteiger partial charge in [-0.1, -0.05) is 182 Å². The van der Waals surface area contributed by atoms with Gasteiger partial charge in [0.05, 0.1) is 16.8 Å². The van der Waals surface area contributed by atoms with Crippen molar-refractivity contribution in [2.45, 2.75) is 5.41 Å². The minimum Gasteiger partial charge on any atom is -0.310 e.